The number of likely N-dealkylation sites (tertiary alicyclic amines) is 1. The second-order valence-electron chi connectivity index (χ2n) is 8.29. The highest BCUT2D eigenvalue weighted by Gasteiger charge is 2.34. The fraction of sp³-hybridized carbons (Fsp3) is 0.667. The number of nitrogens with one attached hydrogen (secondary N) is 1. The molecule has 1 aromatic rings. The largest absolute Gasteiger partial charge is 0.390 e. The summed E-state index contributed by atoms with van der Waals surface area (Å²) >= 11 is 0. The van der Waals surface area contributed by atoms with Crippen LogP contribution in [-0.4, -0.2) is 59.9 Å². The molecule has 2 N–H and O–H groups in total. The lowest BCUT2D eigenvalue weighted by molar-refractivity contribution is 0.0714. The van der Waals surface area contributed by atoms with Gasteiger partial charge in [-0.25, -0.2) is 0 Å². The minimum atomic E-state index is -0.693. The van der Waals surface area contributed by atoms with Crippen LogP contribution in [0.5, 0.6) is 0 Å². The lowest BCUT2D eigenvalue weighted by atomic mass is 9.97. The maximum Gasteiger partial charge on any atom is 0.251 e. The predicted octanol–water partition coefficient (Wildman–Crippen LogP) is 2.37. The van der Waals surface area contributed by atoms with Gasteiger partial charge >= 0.3 is 0 Å². The van der Waals surface area contributed by atoms with E-state index in [1.54, 1.807) is 0 Å². The molecule has 2 aliphatic heterocycles. The van der Waals surface area contributed by atoms with Gasteiger partial charge in [-0.15, -0.1) is 0 Å². The molecular weight excluding hydrogens is 328 g/mol. The van der Waals surface area contributed by atoms with Gasteiger partial charge in [0.1, 0.15) is 0 Å². The number of carbonyl (C=O) groups is 1. The number of hydrogen-bond donors (Lipinski definition) is 2. The standard InChI is InChI=1S/C21H32N2O3/c1-21(2,25)10-9-16-7-6-8-17(13-16)20(24)22-18-14-26-15-19(18)23-11-4-3-5-12-23/h6-8,13,18-19,25H,3-5,9-12,14-15H2,1-2H3,(H,22,24)/t18-,19-/m1/s1. The van der Waals surface area contributed by atoms with Crippen LogP contribution in [0.3, 0.4) is 0 Å². The second-order valence-corrected chi connectivity index (χ2v) is 8.29. The zero-order chi connectivity index (χ0) is 18.6. The van der Waals surface area contributed by atoms with Crippen molar-refractivity contribution in [1.82, 2.24) is 10.2 Å². The van der Waals surface area contributed by atoms with Crippen molar-refractivity contribution in [2.45, 2.75) is 63.6 Å². The Morgan fingerprint density at radius 2 is 2.04 bits per heavy atom. The van der Waals surface area contributed by atoms with Crippen molar-refractivity contribution in [3.8, 4) is 0 Å². The number of benzene rings is 1. The Kier molecular flexibility index (Phi) is 6.33. The van der Waals surface area contributed by atoms with E-state index in [2.05, 4.69) is 10.2 Å². The molecule has 0 saturated carbocycles. The minimum Gasteiger partial charge on any atom is -0.390 e. The van der Waals surface area contributed by atoms with Crippen molar-refractivity contribution in [2.24, 2.45) is 0 Å². The Bertz CT molecular complexity index is 606. The molecule has 2 heterocycles. The van der Waals surface area contributed by atoms with E-state index in [0.29, 0.717) is 25.2 Å². The molecule has 0 aliphatic carbocycles. The van der Waals surface area contributed by atoms with E-state index in [1.807, 2.05) is 38.1 Å². The summed E-state index contributed by atoms with van der Waals surface area (Å²) < 4.78 is 5.68. The molecule has 1 aromatic carbocycles. The Hall–Kier alpha value is -1.43. The highest BCUT2D eigenvalue weighted by Crippen LogP contribution is 2.20. The van der Waals surface area contributed by atoms with Crippen molar-refractivity contribution in [3.05, 3.63) is 35.4 Å². The molecule has 3 rings (SSSR count). The molecule has 0 radical (unpaired) electrons. The van der Waals surface area contributed by atoms with E-state index in [-0.39, 0.29) is 18.0 Å². The molecule has 26 heavy (non-hydrogen) atoms. The van der Waals surface area contributed by atoms with E-state index in [4.69, 9.17) is 4.74 Å². The van der Waals surface area contributed by atoms with Gasteiger partial charge in [0.05, 0.1) is 30.9 Å². The van der Waals surface area contributed by atoms with Gasteiger partial charge < -0.3 is 15.2 Å². The molecular formula is C21H32N2O3. The number of aryl methyl sites for hydroxylation is 1. The first-order valence-corrected chi connectivity index (χ1v) is 9.86. The summed E-state index contributed by atoms with van der Waals surface area (Å²) in [7, 11) is 0. The van der Waals surface area contributed by atoms with Gasteiger partial charge in [0, 0.05) is 5.56 Å². The summed E-state index contributed by atoms with van der Waals surface area (Å²) in [6.07, 6.45) is 5.21. The molecule has 0 aromatic heterocycles. The molecule has 1 amide bonds. The van der Waals surface area contributed by atoms with E-state index in [9.17, 15) is 9.90 Å². The lowest BCUT2D eigenvalue weighted by Crippen LogP contribution is -2.52. The van der Waals surface area contributed by atoms with Gasteiger partial charge in [0.25, 0.3) is 5.91 Å². The maximum absolute atomic E-state index is 12.7. The molecule has 5 heteroatoms. The van der Waals surface area contributed by atoms with Crippen molar-refractivity contribution in [2.75, 3.05) is 26.3 Å². The fourth-order valence-corrected chi connectivity index (χ4v) is 3.86. The summed E-state index contributed by atoms with van der Waals surface area (Å²) in [5, 5.41) is 13.1. The molecule has 2 saturated heterocycles. The van der Waals surface area contributed by atoms with E-state index in [0.717, 1.165) is 25.1 Å². The number of nitrogens with zero attached hydrogens (tertiary/aromatic N) is 1. The summed E-state index contributed by atoms with van der Waals surface area (Å²) in [6.45, 7) is 7.12. The summed E-state index contributed by atoms with van der Waals surface area (Å²) in [5.74, 6) is -0.0346. The smallest absolute Gasteiger partial charge is 0.251 e. The molecule has 0 unspecified atom stereocenters. The predicted molar refractivity (Wildman–Crippen MR) is 102 cm³/mol. The first-order valence-electron chi connectivity index (χ1n) is 9.86. The van der Waals surface area contributed by atoms with E-state index in [1.165, 1.54) is 19.3 Å². The van der Waals surface area contributed by atoms with E-state index < -0.39 is 5.60 Å². The molecule has 144 valence electrons. The number of piperidine rings is 1. The van der Waals surface area contributed by atoms with Crippen LogP contribution in [0.15, 0.2) is 24.3 Å². The minimum absolute atomic E-state index is 0.0346. The highest BCUT2D eigenvalue weighted by molar-refractivity contribution is 5.94. The molecule has 5 nitrogen and oxygen atoms in total. The number of ether oxygens (including phenoxy) is 1. The first kappa shape index (κ1) is 19.3. The Morgan fingerprint density at radius 3 is 2.77 bits per heavy atom. The summed E-state index contributed by atoms with van der Waals surface area (Å²) in [6, 6.07) is 8.07. The average molecular weight is 360 g/mol. The third kappa shape index (κ3) is 5.29. The monoisotopic (exact) mass is 360 g/mol. The van der Waals surface area contributed by atoms with Crippen molar-refractivity contribution >= 4 is 5.91 Å². The van der Waals surface area contributed by atoms with Gasteiger partial charge in [-0.2, -0.15) is 0 Å². The van der Waals surface area contributed by atoms with Crippen LogP contribution < -0.4 is 5.32 Å². The zero-order valence-electron chi connectivity index (χ0n) is 16.0. The number of rotatable bonds is 6. The van der Waals surface area contributed by atoms with Gasteiger partial charge in [-0.3, -0.25) is 9.69 Å². The zero-order valence-corrected chi connectivity index (χ0v) is 16.0. The molecule has 0 spiro atoms. The lowest BCUT2D eigenvalue weighted by Gasteiger charge is -2.34. The Labute approximate surface area is 156 Å². The third-order valence-electron chi connectivity index (χ3n) is 5.44. The molecule has 2 fully saturated rings. The first-order chi connectivity index (χ1) is 12.4. The van der Waals surface area contributed by atoms with Crippen LogP contribution >= 0.6 is 0 Å². The summed E-state index contributed by atoms with van der Waals surface area (Å²) in [4.78, 5) is 15.2. The van der Waals surface area contributed by atoms with Crippen molar-refractivity contribution < 1.29 is 14.6 Å². The number of amides is 1. The van der Waals surface area contributed by atoms with Crippen LogP contribution in [0.2, 0.25) is 0 Å². The van der Waals surface area contributed by atoms with Gasteiger partial charge in [-0.1, -0.05) is 18.6 Å². The number of hydrogen-bond acceptors (Lipinski definition) is 4. The van der Waals surface area contributed by atoms with Crippen LogP contribution in [0.25, 0.3) is 0 Å². The second kappa shape index (κ2) is 8.51. The van der Waals surface area contributed by atoms with Crippen LogP contribution in [-0.2, 0) is 11.2 Å². The number of carbonyl (C=O) groups excluding carboxylic acids is 1. The highest BCUT2D eigenvalue weighted by atomic mass is 16.5. The van der Waals surface area contributed by atoms with Gasteiger partial charge in [0.2, 0.25) is 0 Å². The fourth-order valence-electron chi connectivity index (χ4n) is 3.86. The molecule has 2 aliphatic rings. The molecule has 0 bridgehead atoms. The topological polar surface area (TPSA) is 61.8 Å². The van der Waals surface area contributed by atoms with Crippen molar-refractivity contribution in [1.29, 1.82) is 0 Å². The van der Waals surface area contributed by atoms with Crippen LogP contribution in [0, 0.1) is 0 Å². The van der Waals surface area contributed by atoms with E-state index >= 15 is 0 Å². The number of aliphatic hydroxyl groups is 1. The Morgan fingerprint density at radius 1 is 1.27 bits per heavy atom. The maximum atomic E-state index is 12.7. The summed E-state index contributed by atoms with van der Waals surface area (Å²) in [5.41, 5.74) is 1.07. The Balaban J connectivity index is 1.60. The van der Waals surface area contributed by atoms with Gasteiger partial charge in [-0.05, 0) is 70.3 Å². The SMILES string of the molecule is CC(C)(O)CCc1cccc(C(=O)N[C@@H]2COC[C@H]2N2CCCCC2)c1. The average Bonchev–Trinajstić information content (AvgIpc) is 3.08. The van der Waals surface area contributed by atoms with Crippen LogP contribution in [0.4, 0.5) is 0 Å². The third-order valence-corrected chi connectivity index (χ3v) is 5.44. The molecule has 2 atom stereocenters. The van der Waals surface area contributed by atoms with Crippen molar-refractivity contribution in [3.63, 3.8) is 0 Å². The van der Waals surface area contributed by atoms with Gasteiger partial charge in [0.15, 0.2) is 0 Å². The van der Waals surface area contributed by atoms with Crippen LogP contribution in [0.1, 0.15) is 55.5 Å². The normalized spacial score (nSPS) is 24.6. The quantitative estimate of drug-likeness (QED) is 0.818.